The zero-order chi connectivity index (χ0) is 19.7. The Kier molecular flexibility index (Phi) is 5.25. The van der Waals surface area contributed by atoms with Gasteiger partial charge in [-0.1, -0.05) is 41.9 Å². The SMILES string of the molecule is Cc1ccccc1-n1c(-c2ccc(Cl)cc2)cc(C(=O)N2CCOCC2)c1C. The van der Waals surface area contributed by atoms with Gasteiger partial charge in [-0.05, 0) is 49.2 Å². The summed E-state index contributed by atoms with van der Waals surface area (Å²) in [5.41, 5.74) is 5.91. The number of rotatable bonds is 3. The maximum atomic E-state index is 13.2. The first-order chi connectivity index (χ1) is 13.6. The van der Waals surface area contributed by atoms with E-state index < -0.39 is 0 Å². The fourth-order valence-corrected chi connectivity index (χ4v) is 3.84. The van der Waals surface area contributed by atoms with Crippen LogP contribution in [-0.4, -0.2) is 41.7 Å². The fraction of sp³-hybridized carbons (Fsp3) is 0.261. The highest BCUT2D eigenvalue weighted by Crippen LogP contribution is 2.32. The Morgan fingerprint density at radius 2 is 1.68 bits per heavy atom. The van der Waals surface area contributed by atoms with E-state index in [2.05, 4.69) is 23.6 Å². The van der Waals surface area contributed by atoms with Crippen LogP contribution in [0.25, 0.3) is 16.9 Å². The Bertz CT molecular complexity index is 1000. The van der Waals surface area contributed by atoms with Gasteiger partial charge in [-0.3, -0.25) is 4.79 Å². The van der Waals surface area contributed by atoms with E-state index in [9.17, 15) is 4.79 Å². The molecular weight excluding hydrogens is 372 g/mol. The highest BCUT2D eigenvalue weighted by atomic mass is 35.5. The Labute approximate surface area is 170 Å². The largest absolute Gasteiger partial charge is 0.378 e. The predicted octanol–water partition coefficient (Wildman–Crippen LogP) is 4.89. The van der Waals surface area contributed by atoms with Crippen LogP contribution in [0.15, 0.2) is 54.6 Å². The first-order valence-electron chi connectivity index (χ1n) is 9.47. The molecular formula is C23H23ClN2O2. The maximum Gasteiger partial charge on any atom is 0.255 e. The van der Waals surface area contributed by atoms with Crippen LogP contribution in [0.3, 0.4) is 0 Å². The number of carbonyl (C=O) groups excluding carboxylic acids is 1. The van der Waals surface area contributed by atoms with Crippen molar-refractivity contribution in [1.29, 1.82) is 0 Å². The van der Waals surface area contributed by atoms with Crippen molar-refractivity contribution in [1.82, 2.24) is 9.47 Å². The van der Waals surface area contributed by atoms with Crippen LogP contribution >= 0.6 is 11.6 Å². The Morgan fingerprint density at radius 1 is 1.00 bits per heavy atom. The number of morpholine rings is 1. The molecule has 1 fully saturated rings. The van der Waals surface area contributed by atoms with Crippen molar-refractivity contribution in [2.75, 3.05) is 26.3 Å². The van der Waals surface area contributed by atoms with Crippen LogP contribution in [-0.2, 0) is 4.74 Å². The monoisotopic (exact) mass is 394 g/mol. The molecule has 28 heavy (non-hydrogen) atoms. The van der Waals surface area contributed by atoms with Gasteiger partial charge in [-0.15, -0.1) is 0 Å². The highest BCUT2D eigenvalue weighted by molar-refractivity contribution is 6.30. The van der Waals surface area contributed by atoms with Gasteiger partial charge in [0.2, 0.25) is 0 Å². The van der Waals surface area contributed by atoms with Gasteiger partial charge < -0.3 is 14.2 Å². The molecule has 0 bridgehead atoms. The van der Waals surface area contributed by atoms with Gasteiger partial charge in [0.1, 0.15) is 0 Å². The topological polar surface area (TPSA) is 34.5 Å². The lowest BCUT2D eigenvalue weighted by molar-refractivity contribution is 0.0302. The minimum atomic E-state index is 0.0587. The van der Waals surface area contributed by atoms with Crippen LogP contribution in [0.5, 0.6) is 0 Å². The molecule has 1 aromatic heterocycles. The summed E-state index contributed by atoms with van der Waals surface area (Å²) in [5.74, 6) is 0.0587. The number of nitrogens with zero attached hydrogens (tertiary/aromatic N) is 2. The van der Waals surface area contributed by atoms with Crippen molar-refractivity contribution in [3.63, 3.8) is 0 Å². The summed E-state index contributed by atoms with van der Waals surface area (Å²) in [5, 5.41) is 0.694. The van der Waals surface area contributed by atoms with Crippen LogP contribution in [0.1, 0.15) is 21.6 Å². The quantitative estimate of drug-likeness (QED) is 0.634. The molecule has 0 radical (unpaired) electrons. The summed E-state index contributed by atoms with van der Waals surface area (Å²) in [6.45, 7) is 6.54. The average Bonchev–Trinajstić information content (AvgIpc) is 3.06. The lowest BCUT2D eigenvalue weighted by Gasteiger charge is -2.26. The normalized spacial score (nSPS) is 14.3. The molecule has 0 unspecified atom stereocenters. The number of ether oxygens (including phenoxy) is 1. The summed E-state index contributed by atoms with van der Waals surface area (Å²) in [6, 6.07) is 18.0. The molecule has 3 aromatic rings. The van der Waals surface area contributed by atoms with E-state index in [0.29, 0.717) is 31.3 Å². The van der Waals surface area contributed by atoms with Gasteiger partial charge in [0.15, 0.2) is 0 Å². The molecule has 4 rings (SSSR count). The number of carbonyl (C=O) groups is 1. The van der Waals surface area contributed by atoms with Crippen molar-refractivity contribution in [2.45, 2.75) is 13.8 Å². The summed E-state index contributed by atoms with van der Waals surface area (Å²) in [7, 11) is 0. The molecule has 0 saturated carbocycles. The Morgan fingerprint density at radius 3 is 2.36 bits per heavy atom. The van der Waals surface area contributed by atoms with Crippen molar-refractivity contribution in [3.05, 3.63) is 76.4 Å². The number of halogens is 1. The third-order valence-corrected chi connectivity index (χ3v) is 5.52. The van der Waals surface area contributed by atoms with E-state index in [1.165, 1.54) is 0 Å². The molecule has 1 aliphatic rings. The van der Waals surface area contributed by atoms with E-state index in [4.69, 9.17) is 16.3 Å². The second-order valence-corrected chi connectivity index (χ2v) is 7.50. The molecule has 0 atom stereocenters. The number of hydrogen-bond donors (Lipinski definition) is 0. The van der Waals surface area contributed by atoms with Gasteiger partial charge in [-0.25, -0.2) is 0 Å². The van der Waals surface area contributed by atoms with Gasteiger partial charge in [-0.2, -0.15) is 0 Å². The third kappa shape index (κ3) is 3.46. The Balaban J connectivity index is 1.87. The van der Waals surface area contributed by atoms with Crippen molar-refractivity contribution in [3.8, 4) is 16.9 Å². The summed E-state index contributed by atoms with van der Waals surface area (Å²) in [4.78, 5) is 15.1. The number of hydrogen-bond acceptors (Lipinski definition) is 2. The zero-order valence-electron chi connectivity index (χ0n) is 16.1. The number of benzene rings is 2. The van der Waals surface area contributed by atoms with Crippen molar-refractivity contribution < 1.29 is 9.53 Å². The molecule has 0 N–H and O–H groups in total. The Hall–Kier alpha value is -2.56. The molecule has 144 valence electrons. The molecule has 1 amide bonds. The second kappa shape index (κ2) is 7.82. The molecule has 1 aliphatic heterocycles. The summed E-state index contributed by atoms with van der Waals surface area (Å²) in [6.07, 6.45) is 0. The lowest BCUT2D eigenvalue weighted by atomic mass is 10.1. The number of para-hydroxylation sites is 1. The van der Waals surface area contributed by atoms with Gasteiger partial charge in [0.25, 0.3) is 5.91 Å². The molecule has 1 saturated heterocycles. The summed E-state index contributed by atoms with van der Waals surface area (Å²) < 4.78 is 7.57. The number of aryl methyl sites for hydroxylation is 1. The van der Waals surface area contributed by atoms with Crippen molar-refractivity contribution in [2.24, 2.45) is 0 Å². The maximum absolute atomic E-state index is 13.2. The molecule has 0 spiro atoms. The average molecular weight is 395 g/mol. The first kappa shape index (κ1) is 18.8. The van der Waals surface area contributed by atoms with E-state index >= 15 is 0 Å². The highest BCUT2D eigenvalue weighted by Gasteiger charge is 2.25. The number of amides is 1. The van der Waals surface area contributed by atoms with E-state index in [1.807, 2.05) is 54.3 Å². The van der Waals surface area contributed by atoms with Crippen LogP contribution < -0.4 is 0 Å². The molecule has 4 nitrogen and oxygen atoms in total. The molecule has 5 heteroatoms. The second-order valence-electron chi connectivity index (χ2n) is 7.06. The van der Waals surface area contributed by atoms with E-state index in [-0.39, 0.29) is 5.91 Å². The van der Waals surface area contributed by atoms with Crippen molar-refractivity contribution >= 4 is 17.5 Å². The third-order valence-electron chi connectivity index (χ3n) is 5.27. The smallest absolute Gasteiger partial charge is 0.255 e. The van der Waals surface area contributed by atoms with Crippen LogP contribution in [0, 0.1) is 13.8 Å². The number of aromatic nitrogens is 1. The van der Waals surface area contributed by atoms with Gasteiger partial charge in [0, 0.05) is 29.5 Å². The lowest BCUT2D eigenvalue weighted by Crippen LogP contribution is -2.40. The fourth-order valence-electron chi connectivity index (χ4n) is 3.72. The molecule has 0 aliphatic carbocycles. The van der Waals surface area contributed by atoms with E-state index in [0.717, 1.165) is 33.8 Å². The molecule has 2 heterocycles. The van der Waals surface area contributed by atoms with Gasteiger partial charge in [0.05, 0.1) is 24.5 Å². The standard InChI is InChI=1S/C23H23ClN2O2/c1-16-5-3-4-6-21(16)26-17(2)20(23(27)25-11-13-28-14-12-25)15-22(26)18-7-9-19(24)10-8-18/h3-10,15H,11-14H2,1-2H3. The first-order valence-corrected chi connectivity index (χ1v) is 9.85. The molecule has 2 aromatic carbocycles. The minimum Gasteiger partial charge on any atom is -0.378 e. The zero-order valence-corrected chi connectivity index (χ0v) is 16.9. The van der Waals surface area contributed by atoms with Crippen LogP contribution in [0.4, 0.5) is 0 Å². The van der Waals surface area contributed by atoms with Crippen LogP contribution in [0.2, 0.25) is 5.02 Å². The van der Waals surface area contributed by atoms with Gasteiger partial charge >= 0.3 is 0 Å². The predicted molar refractivity (Wildman–Crippen MR) is 112 cm³/mol. The summed E-state index contributed by atoms with van der Waals surface area (Å²) >= 11 is 6.09. The minimum absolute atomic E-state index is 0.0587. The van der Waals surface area contributed by atoms with E-state index in [1.54, 1.807) is 0 Å².